The van der Waals surface area contributed by atoms with Crippen molar-refractivity contribution < 1.29 is 9.47 Å². The van der Waals surface area contributed by atoms with Crippen LogP contribution in [0.5, 0.6) is 6.01 Å². The third-order valence-electron chi connectivity index (χ3n) is 4.38. The first-order chi connectivity index (χ1) is 12.4. The lowest BCUT2D eigenvalue weighted by atomic mass is 10.3. The molecular formula is C18H27BrN4O2Si. The van der Waals surface area contributed by atoms with Crippen molar-refractivity contribution in [1.82, 2.24) is 19.7 Å². The fourth-order valence-corrected chi connectivity index (χ4v) is 3.79. The number of hydrogen-bond donors (Lipinski definition) is 0. The SMILES string of the molecule is C[Si](C)(C)CCOCn1nc(-c2ccc(Br)cn2)nc1OC1CCCC1. The van der Waals surface area contributed by atoms with Gasteiger partial charge in [0.2, 0.25) is 5.82 Å². The van der Waals surface area contributed by atoms with Gasteiger partial charge in [-0.25, -0.2) is 0 Å². The van der Waals surface area contributed by atoms with E-state index in [0.717, 1.165) is 35.7 Å². The van der Waals surface area contributed by atoms with Crippen LogP contribution in [0.3, 0.4) is 0 Å². The average molecular weight is 439 g/mol. The maximum atomic E-state index is 6.11. The number of ether oxygens (including phenoxy) is 2. The molecule has 0 saturated heterocycles. The quantitative estimate of drug-likeness (QED) is 0.439. The van der Waals surface area contributed by atoms with Gasteiger partial charge in [0, 0.05) is 25.4 Å². The second-order valence-electron chi connectivity index (χ2n) is 7.95. The summed E-state index contributed by atoms with van der Waals surface area (Å²) in [4.78, 5) is 8.97. The van der Waals surface area contributed by atoms with Gasteiger partial charge in [-0.15, -0.1) is 5.10 Å². The van der Waals surface area contributed by atoms with Crippen LogP contribution in [0.2, 0.25) is 25.7 Å². The molecule has 1 aliphatic rings. The molecule has 0 unspecified atom stereocenters. The molecule has 3 rings (SSSR count). The summed E-state index contributed by atoms with van der Waals surface area (Å²) in [7, 11) is -1.11. The number of nitrogens with zero attached hydrogens (tertiary/aromatic N) is 4. The highest BCUT2D eigenvalue weighted by molar-refractivity contribution is 9.10. The van der Waals surface area contributed by atoms with E-state index in [4.69, 9.17) is 9.47 Å². The minimum absolute atomic E-state index is 0.227. The summed E-state index contributed by atoms with van der Waals surface area (Å²) >= 11 is 3.40. The first-order valence-electron chi connectivity index (χ1n) is 9.22. The molecule has 0 bridgehead atoms. The van der Waals surface area contributed by atoms with Gasteiger partial charge in [0.25, 0.3) is 0 Å². The van der Waals surface area contributed by atoms with Crippen LogP contribution in [0.25, 0.3) is 11.5 Å². The van der Waals surface area contributed by atoms with E-state index in [1.54, 1.807) is 10.9 Å². The Labute approximate surface area is 164 Å². The topological polar surface area (TPSA) is 62.1 Å². The Morgan fingerprint density at radius 1 is 1.23 bits per heavy atom. The average Bonchev–Trinajstić information content (AvgIpc) is 3.22. The predicted molar refractivity (Wildman–Crippen MR) is 108 cm³/mol. The second-order valence-corrected chi connectivity index (χ2v) is 14.5. The van der Waals surface area contributed by atoms with Crippen molar-refractivity contribution in [2.24, 2.45) is 0 Å². The molecule has 2 aromatic rings. The minimum atomic E-state index is -1.11. The molecule has 1 aliphatic carbocycles. The van der Waals surface area contributed by atoms with Crippen molar-refractivity contribution in [3.8, 4) is 17.5 Å². The highest BCUT2D eigenvalue weighted by Crippen LogP contribution is 2.25. The first kappa shape index (κ1) is 19.5. The van der Waals surface area contributed by atoms with Crippen LogP contribution in [0.4, 0.5) is 0 Å². The van der Waals surface area contributed by atoms with Crippen LogP contribution >= 0.6 is 15.9 Å². The summed E-state index contributed by atoms with van der Waals surface area (Å²) in [6, 6.07) is 5.49. The summed E-state index contributed by atoms with van der Waals surface area (Å²) in [6.45, 7) is 8.13. The van der Waals surface area contributed by atoms with Crippen molar-refractivity contribution in [2.75, 3.05) is 6.61 Å². The lowest BCUT2D eigenvalue weighted by molar-refractivity contribution is 0.0639. The van der Waals surface area contributed by atoms with Crippen LogP contribution < -0.4 is 4.74 Å². The van der Waals surface area contributed by atoms with Gasteiger partial charge in [-0.05, 0) is 59.8 Å². The number of rotatable bonds is 8. The summed E-state index contributed by atoms with van der Waals surface area (Å²) in [5.74, 6) is 0.569. The molecule has 0 atom stereocenters. The van der Waals surface area contributed by atoms with Crippen molar-refractivity contribution in [3.05, 3.63) is 22.8 Å². The third-order valence-corrected chi connectivity index (χ3v) is 6.55. The van der Waals surface area contributed by atoms with Gasteiger partial charge in [-0.2, -0.15) is 9.67 Å². The smallest absolute Gasteiger partial charge is 0.317 e. The maximum absolute atomic E-state index is 6.11. The maximum Gasteiger partial charge on any atom is 0.317 e. The molecule has 0 aromatic carbocycles. The Bertz CT molecular complexity index is 709. The van der Waals surface area contributed by atoms with Gasteiger partial charge in [0.15, 0.2) is 0 Å². The molecule has 8 heteroatoms. The van der Waals surface area contributed by atoms with Crippen molar-refractivity contribution in [2.45, 2.75) is 64.2 Å². The Morgan fingerprint density at radius 3 is 2.65 bits per heavy atom. The number of pyridine rings is 1. The van der Waals surface area contributed by atoms with Crippen LogP contribution in [0, 0.1) is 0 Å². The zero-order valence-corrected chi connectivity index (χ0v) is 18.3. The molecule has 0 amide bonds. The molecule has 142 valence electrons. The largest absolute Gasteiger partial charge is 0.460 e. The van der Waals surface area contributed by atoms with Crippen molar-refractivity contribution in [1.29, 1.82) is 0 Å². The van der Waals surface area contributed by atoms with Crippen molar-refractivity contribution >= 4 is 24.0 Å². The Morgan fingerprint density at radius 2 is 2.00 bits per heavy atom. The van der Waals surface area contributed by atoms with Crippen molar-refractivity contribution in [3.63, 3.8) is 0 Å². The highest BCUT2D eigenvalue weighted by atomic mass is 79.9. The fourth-order valence-electron chi connectivity index (χ4n) is 2.80. The highest BCUT2D eigenvalue weighted by Gasteiger charge is 2.22. The van der Waals surface area contributed by atoms with Crippen LogP contribution in [0.1, 0.15) is 25.7 Å². The lowest BCUT2D eigenvalue weighted by Gasteiger charge is -2.16. The van der Waals surface area contributed by atoms with Gasteiger partial charge in [-0.1, -0.05) is 19.6 Å². The van der Waals surface area contributed by atoms with Gasteiger partial charge >= 0.3 is 6.01 Å². The van der Waals surface area contributed by atoms with Gasteiger partial charge in [-0.3, -0.25) is 4.98 Å². The van der Waals surface area contributed by atoms with E-state index in [2.05, 4.69) is 50.6 Å². The zero-order valence-electron chi connectivity index (χ0n) is 15.7. The molecule has 0 radical (unpaired) electrons. The van der Waals surface area contributed by atoms with Gasteiger partial charge in [0.05, 0.1) is 0 Å². The molecule has 0 aliphatic heterocycles. The Kier molecular flexibility index (Phi) is 6.47. The molecule has 0 spiro atoms. The van der Waals surface area contributed by atoms with Crippen LogP contribution in [0.15, 0.2) is 22.8 Å². The van der Waals surface area contributed by atoms with E-state index in [-0.39, 0.29) is 6.10 Å². The molecule has 26 heavy (non-hydrogen) atoms. The predicted octanol–water partition coefficient (Wildman–Crippen LogP) is 4.74. The van der Waals surface area contributed by atoms with E-state index >= 15 is 0 Å². The molecule has 2 heterocycles. The van der Waals surface area contributed by atoms with Crippen LogP contribution in [-0.2, 0) is 11.5 Å². The zero-order chi connectivity index (χ0) is 18.6. The lowest BCUT2D eigenvalue weighted by Crippen LogP contribution is -2.22. The molecular weight excluding hydrogens is 412 g/mol. The normalized spacial score (nSPS) is 15.5. The van der Waals surface area contributed by atoms with Crippen LogP contribution in [-0.4, -0.2) is 40.5 Å². The molecule has 2 aromatic heterocycles. The number of halogens is 1. The third kappa shape index (κ3) is 5.62. The van der Waals surface area contributed by atoms with E-state index in [1.165, 1.54) is 12.8 Å². The van der Waals surface area contributed by atoms with E-state index in [0.29, 0.717) is 18.6 Å². The first-order valence-corrected chi connectivity index (χ1v) is 13.7. The Hall–Kier alpha value is -1.25. The van der Waals surface area contributed by atoms with E-state index in [1.807, 2.05) is 12.1 Å². The summed E-state index contributed by atoms with van der Waals surface area (Å²) in [6.07, 6.45) is 6.56. The molecule has 6 nitrogen and oxygen atoms in total. The fraction of sp³-hybridized carbons (Fsp3) is 0.611. The molecule has 1 saturated carbocycles. The number of aromatic nitrogens is 4. The molecule has 0 N–H and O–H groups in total. The second kappa shape index (κ2) is 8.62. The van der Waals surface area contributed by atoms with Gasteiger partial charge in [0.1, 0.15) is 18.5 Å². The standard InChI is InChI=1S/C18H27BrN4O2Si/c1-26(2,3)11-10-24-13-23-18(25-15-6-4-5-7-15)21-17(22-23)16-9-8-14(19)12-20-16/h8-9,12,15H,4-7,10-11,13H2,1-3H3. The minimum Gasteiger partial charge on any atom is -0.460 e. The summed E-state index contributed by atoms with van der Waals surface area (Å²) in [5, 5.41) is 4.58. The number of hydrogen-bond acceptors (Lipinski definition) is 5. The van der Waals surface area contributed by atoms with E-state index in [9.17, 15) is 0 Å². The monoisotopic (exact) mass is 438 g/mol. The Balaban J connectivity index is 1.72. The van der Waals surface area contributed by atoms with Gasteiger partial charge < -0.3 is 9.47 Å². The summed E-state index contributed by atoms with van der Waals surface area (Å²) < 4.78 is 14.6. The molecule has 1 fully saturated rings. The summed E-state index contributed by atoms with van der Waals surface area (Å²) in [5.41, 5.74) is 0.727. The van der Waals surface area contributed by atoms with E-state index < -0.39 is 8.07 Å².